The van der Waals surface area contributed by atoms with Crippen LogP contribution in [0.1, 0.15) is 120 Å². The van der Waals surface area contributed by atoms with Crippen LogP contribution in [0.25, 0.3) is 0 Å². The summed E-state index contributed by atoms with van der Waals surface area (Å²) in [6, 6.07) is 9.84. The first-order chi connectivity index (χ1) is 17.6. The number of rotatable bonds is 14. The number of hydrogen-bond donors (Lipinski definition) is 0. The molecule has 0 amide bonds. The summed E-state index contributed by atoms with van der Waals surface area (Å²) in [7, 11) is 0. The Kier molecular flexibility index (Phi) is 11.8. The molecule has 1 aromatic heterocycles. The van der Waals surface area contributed by atoms with E-state index in [1.807, 2.05) is 0 Å². The van der Waals surface area contributed by atoms with Crippen LogP contribution in [0.3, 0.4) is 0 Å². The van der Waals surface area contributed by atoms with Gasteiger partial charge in [-0.2, -0.15) is 15.5 Å². The molecule has 1 heterocycles. The van der Waals surface area contributed by atoms with Crippen molar-refractivity contribution in [3.8, 4) is 11.8 Å². The van der Waals surface area contributed by atoms with Crippen LogP contribution in [0.5, 0.6) is 5.75 Å². The van der Waals surface area contributed by atoms with E-state index < -0.39 is 5.82 Å². The van der Waals surface area contributed by atoms with Crippen LogP contribution in [-0.4, -0.2) is 16.2 Å². The minimum Gasteiger partial charge on any atom is -0.426 e. The zero-order valence-electron chi connectivity index (χ0n) is 21.7. The maximum absolute atomic E-state index is 13.8. The highest BCUT2D eigenvalue weighted by Gasteiger charge is 2.29. The van der Waals surface area contributed by atoms with Crippen molar-refractivity contribution in [1.82, 2.24) is 10.2 Å². The average molecular weight is 494 g/mol. The fourth-order valence-corrected chi connectivity index (χ4v) is 4.99. The number of esters is 1. The third kappa shape index (κ3) is 9.00. The van der Waals surface area contributed by atoms with E-state index in [0.717, 1.165) is 36.7 Å². The second-order valence-corrected chi connectivity index (χ2v) is 10.1. The number of carbonyl (C=O) groups excluding carboxylic acids is 1. The molecule has 0 N–H and O–H groups in total. The highest BCUT2D eigenvalue weighted by Crippen LogP contribution is 2.35. The molecular formula is C30H40FN3O2. The molecule has 0 saturated heterocycles. The molecule has 6 heteroatoms. The van der Waals surface area contributed by atoms with E-state index in [0.29, 0.717) is 18.8 Å². The Hall–Kier alpha value is -2.81. The number of ether oxygens (including phenoxy) is 1. The minimum atomic E-state index is -0.679. The molecule has 194 valence electrons. The molecule has 0 bridgehead atoms. The van der Waals surface area contributed by atoms with Crippen molar-refractivity contribution in [2.24, 2.45) is 5.92 Å². The van der Waals surface area contributed by atoms with E-state index >= 15 is 0 Å². The summed E-state index contributed by atoms with van der Waals surface area (Å²) in [4.78, 5) is 12.5. The molecule has 1 saturated carbocycles. The predicted octanol–water partition coefficient (Wildman–Crippen LogP) is 7.83. The Balaban J connectivity index is 1.32. The Labute approximate surface area is 215 Å². The van der Waals surface area contributed by atoms with Gasteiger partial charge in [-0.05, 0) is 62.8 Å². The largest absolute Gasteiger partial charge is 0.426 e. The second kappa shape index (κ2) is 15.3. The minimum absolute atomic E-state index is 0.0640. The van der Waals surface area contributed by atoms with Crippen LogP contribution in [-0.2, 0) is 11.2 Å². The number of nitriles is 1. The van der Waals surface area contributed by atoms with Gasteiger partial charge in [-0.25, -0.2) is 4.39 Å². The van der Waals surface area contributed by atoms with Crippen LogP contribution in [0.15, 0.2) is 30.3 Å². The van der Waals surface area contributed by atoms with Gasteiger partial charge >= 0.3 is 5.97 Å². The second-order valence-electron chi connectivity index (χ2n) is 10.1. The number of benzene rings is 1. The molecule has 0 atom stereocenters. The molecule has 0 radical (unpaired) electrons. The smallest absolute Gasteiger partial charge is 0.314 e. The molecule has 1 fully saturated rings. The van der Waals surface area contributed by atoms with Gasteiger partial charge in [-0.1, -0.05) is 64.7 Å². The summed E-state index contributed by atoms with van der Waals surface area (Å²) in [5, 5.41) is 17.8. The first kappa shape index (κ1) is 27.8. The fourth-order valence-electron chi connectivity index (χ4n) is 4.99. The van der Waals surface area contributed by atoms with Gasteiger partial charge in [0, 0.05) is 12.0 Å². The lowest BCUT2D eigenvalue weighted by atomic mass is 9.80. The predicted molar refractivity (Wildman–Crippen MR) is 139 cm³/mol. The zero-order valence-corrected chi connectivity index (χ0v) is 21.7. The molecular weight excluding hydrogens is 453 g/mol. The Morgan fingerprint density at radius 3 is 2.19 bits per heavy atom. The maximum Gasteiger partial charge on any atom is 0.314 e. The molecule has 0 unspecified atom stereocenters. The maximum atomic E-state index is 13.8. The molecule has 1 aromatic carbocycles. The van der Waals surface area contributed by atoms with E-state index in [1.165, 1.54) is 76.3 Å². The lowest BCUT2D eigenvalue weighted by Crippen LogP contribution is -2.25. The number of aromatic nitrogens is 2. The van der Waals surface area contributed by atoms with E-state index in [4.69, 9.17) is 10.00 Å². The Morgan fingerprint density at radius 1 is 0.944 bits per heavy atom. The van der Waals surface area contributed by atoms with Crippen molar-refractivity contribution in [3.05, 3.63) is 53.1 Å². The molecule has 36 heavy (non-hydrogen) atoms. The zero-order chi connectivity index (χ0) is 25.6. The number of halogens is 1. The highest BCUT2D eigenvalue weighted by molar-refractivity contribution is 5.75. The number of unbranched alkanes of at least 4 members (excludes halogenated alkanes) is 9. The lowest BCUT2D eigenvalue weighted by Gasteiger charge is -2.26. The highest BCUT2D eigenvalue weighted by atomic mass is 19.1. The van der Waals surface area contributed by atoms with E-state index in [9.17, 15) is 9.18 Å². The first-order valence-electron chi connectivity index (χ1n) is 13.8. The summed E-state index contributed by atoms with van der Waals surface area (Å²) in [5.74, 6) is -0.775. The number of aryl methyl sites for hydroxylation is 1. The molecule has 0 spiro atoms. The van der Waals surface area contributed by atoms with E-state index in [-0.39, 0.29) is 23.2 Å². The molecule has 0 aliphatic heterocycles. The van der Waals surface area contributed by atoms with Gasteiger partial charge in [-0.3, -0.25) is 4.79 Å². The van der Waals surface area contributed by atoms with Crippen molar-refractivity contribution >= 4 is 5.97 Å². The van der Waals surface area contributed by atoms with Gasteiger partial charge in [0.05, 0.1) is 22.9 Å². The third-order valence-electron chi connectivity index (χ3n) is 7.29. The molecule has 5 nitrogen and oxygen atoms in total. The van der Waals surface area contributed by atoms with Crippen LogP contribution < -0.4 is 4.74 Å². The number of carbonyl (C=O) groups is 1. The van der Waals surface area contributed by atoms with Gasteiger partial charge in [0.2, 0.25) is 0 Å². The Bertz CT molecular complexity index is 979. The first-order valence-corrected chi connectivity index (χ1v) is 13.8. The van der Waals surface area contributed by atoms with Crippen molar-refractivity contribution in [3.63, 3.8) is 0 Å². The number of nitrogens with zero attached hydrogens (tertiary/aromatic N) is 3. The quantitative estimate of drug-likeness (QED) is 0.152. The fraction of sp³-hybridized carbons (Fsp3) is 0.600. The van der Waals surface area contributed by atoms with E-state index in [2.05, 4.69) is 29.3 Å². The summed E-state index contributed by atoms with van der Waals surface area (Å²) in [6.07, 6.45) is 17.4. The van der Waals surface area contributed by atoms with Crippen LogP contribution in [0, 0.1) is 23.1 Å². The lowest BCUT2D eigenvalue weighted by molar-refractivity contribution is -0.140. The number of hydrogen-bond acceptors (Lipinski definition) is 5. The average Bonchev–Trinajstić information content (AvgIpc) is 2.90. The molecule has 3 rings (SSSR count). The van der Waals surface area contributed by atoms with Gasteiger partial charge < -0.3 is 4.74 Å². The Morgan fingerprint density at radius 2 is 1.61 bits per heavy atom. The summed E-state index contributed by atoms with van der Waals surface area (Å²) in [5.41, 5.74) is 2.00. The van der Waals surface area contributed by atoms with Crippen molar-refractivity contribution in [1.29, 1.82) is 5.26 Å². The molecule has 1 aliphatic rings. The normalized spacial score (nSPS) is 17.5. The van der Waals surface area contributed by atoms with Crippen molar-refractivity contribution in [2.75, 3.05) is 0 Å². The topological polar surface area (TPSA) is 75.9 Å². The standard InChI is InChI=1S/C30H40FN3O2/c1-2-3-4-5-6-7-8-9-10-11-12-26-18-20-29(34-33-26)23-13-15-24(16-14-23)30(35)36-27-19-17-25(22-32)28(31)21-27/h17-21,23-24H,2-16H2,1H3. The van der Waals surface area contributed by atoms with Gasteiger partial charge in [-0.15, -0.1) is 0 Å². The SMILES string of the molecule is CCCCCCCCCCCCc1ccc(C2CCC(C(=O)Oc3ccc(C#N)c(F)c3)CC2)nn1. The van der Waals surface area contributed by atoms with Gasteiger partial charge in [0.15, 0.2) is 0 Å². The van der Waals surface area contributed by atoms with Gasteiger partial charge in [0.25, 0.3) is 0 Å². The van der Waals surface area contributed by atoms with Crippen LogP contribution >= 0.6 is 0 Å². The summed E-state index contributed by atoms with van der Waals surface area (Å²) >= 11 is 0. The van der Waals surface area contributed by atoms with Gasteiger partial charge in [0.1, 0.15) is 17.6 Å². The van der Waals surface area contributed by atoms with Crippen molar-refractivity contribution in [2.45, 2.75) is 109 Å². The van der Waals surface area contributed by atoms with Crippen molar-refractivity contribution < 1.29 is 13.9 Å². The van der Waals surface area contributed by atoms with Crippen LogP contribution in [0.2, 0.25) is 0 Å². The van der Waals surface area contributed by atoms with E-state index in [1.54, 1.807) is 6.07 Å². The van der Waals surface area contributed by atoms with Crippen LogP contribution in [0.4, 0.5) is 4.39 Å². The molecule has 1 aliphatic carbocycles. The third-order valence-corrected chi connectivity index (χ3v) is 7.29. The monoisotopic (exact) mass is 493 g/mol. The summed E-state index contributed by atoms with van der Waals surface area (Å²) < 4.78 is 19.1. The summed E-state index contributed by atoms with van der Waals surface area (Å²) in [6.45, 7) is 2.26. The molecule has 2 aromatic rings.